The van der Waals surface area contributed by atoms with E-state index in [4.69, 9.17) is 0 Å². The highest BCUT2D eigenvalue weighted by Gasteiger charge is 2.28. The van der Waals surface area contributed by atoms with E-state index in [-0.39, 0.29) is 0 Å². The molecule has 20 heavy (non-hydrogen) atoms. The maximum atomic E-state index is 4.24. The van der Waals surface area contributed by atoms with E-state index < -0.39 is 0 Å². The topological polar surface area (TPSA) is 42.7 Å². The van der Waals surface area contributed by atoms with Crippen LogP contribution in [0.4, 0.5) is 5.69 Å². The molecule has 0 radical (unpaired) electrons. The van der Waals surface area contributed by atoms with Crippen molar-refractivity contribution in [3.05, 3.63) is 36.9 Å². The van der Waals surface area contributed by atoms with Crippen molar-refractivity contribution in [2.24, 2.45) is 11.8 Å². The molecule has 1 aliphatic carbocycles. The lowest BCUT2D eigenvalue weighted by molar-refractivity contribution is 0.268. The molecular weight excluding hydrogens is 248 g/mol. The number of rotatable bonds is 3. The van der Waals surface area contributed by atoms with Crippen molar-refractivity contribution in [1.82, 2.24) is 14.8 Å². The van der Waals surface area contributed by atoms with Gasteiger partial charge in [-0.3, -0.25) is 0 Å². The molecule has 0 spiro atoms. The summed E-state index contributed by atoms with van der Waals surface area (Å²) in [6.07, 6.45) is 7.29. The molecule has 0 saturated heterocycles. The average molecular weight is 270 g/mol. The zero-order valence-corrected chi connectivity index (χ0v) is 12.2. The SMILES string of the molecule is CC1CCCC(C)C1Nc1ccccc1-n1cncn1. The maximum Gasteiger partial charge on any atom is 0.138 e. The van der Waals surface area contributed by atoms with Crippen molar-refractivity contribution in [2.75, 3.05) is 5.32 Å². The fourth-order valence-electron chi connectivity index (χ4n) is 3.27. The largest absolute Gasteiger partial charge is 0.380 e. The summed E-state index contributed by atoms with van der Waals surface area (Å²) in [5.74, 6) is 1.42. The highest BCUT2D eigenvalue weighted by molar-refractivity contribution is 5.61. The molecule has 0 aliphatic heterocycles. The van der Waals surface area contributed by atoms with Gasteiger partial charge < -0.3 is 5.32 Å². The van der Waals surface area contributed by atoms with Gasteiger partial charge in [0.25, 0.3) is 0 Å². The molecular formula is C16H22N4. The third-order valence-electron chi connectivity index (χ3n) is 4.44. The van der Waals surface area contributed by atoms with E-state index in [1.807, 2.05) is 10.7 Å². The summed E-state index contributed by atoms with van der Waals surface area (Å²) in [6.45, 7) is 4.71. The molecule has 0 bridgehead atoms. The van der Waals surface area contributed by atoms with Crippen molar-refractivity contribution in [2.45, 2.75) is 39.2 Å². The molecule has 1 aliphatic rings. The Morgan fingerprint density at radius 1 is 1.15 bits per heavy atom. The summed E-state index contributed by atoms with van der Waals surface area (Å²) < 4.78 is 1.82. The van der Waals surface area contributed by atoms with E-state index >= 15 is 0 Å². The summed E-state index contributed by atoms with van der Waals surface area (Å²) >= 11 is 0. The fraction of sp³-hybridized carbons (Fsp3) is 0.500. The lowest BCUT2D eigenvalue weighted by Crippen LogP contribution is -2.37. The molecule has 106 valence electrons. The van der Waals surface area contributed by atoms with Crippen LogP contribution in [-0.2, 0) is 0 Å². The molecule has 2 aromatic rings. The molecule has 0 amide bonds. The Hall–Kier alpha value is -1.84. The second kappa shape index (κ2) is 5.65. The number of hydrogen-bond acceptors (Lipinski definition) is 3. The first-order chi connectivity index (χ1) is 9.75. The predicted octanol–water partition coefficient (Wildman–Crippen LogP) is 3.50. The van der Waals surface area contributed by atoms with Gasteiger partial charge in [0, 0.05) is 6.04 Å². The van der Waals surface area contributed by atoms with Crippen LogP contribution in [0.5, 0.6) is 0 Å². The minimum atomic E-state index is 0.536. The molecule has 2 unspecified atom stereocenters. The Labute approximate surface area is 120 Å². The summed E-state index contributed by atoms with van der Waals surface area (Å²) in [5, 5.41) is 7.99. The number of aromatic nitrogens is 3. The summed E-state index contributed by atoms with van der Waals surface area (Å²) in [6, 6.07) is 8.85. The first-order valence-electron chi connectivity index (χ1n) is 7.46. The quantitative estimate of drug-likeness (QED) is 0.928. The standard InChI is InChI=1S/C16H22N4/c1-12-6-5-7-13(2)16(12)19-14-8-3-4-9-15(14)20-11-17-10-18-20/h3-4,8-13,16,19H,5-7H2,1-2H3. The maximum absolute atomic E-state index is 4.24. The van der Waals surface area contributed by atoms with Crippen LogP contribution in [-0.4, -0.2) is 20.8 Å². The lowest BCUT2D eigenvalue weighted by atomic mass is 9.78. The number of para-hydroxylation sites is 2. The summed E-state index contributed by atoms with van der Waals surface area (Å²) in [7, 11) is 0. The normalized spacial score (nSPS) is 26.4. The molecule has 1 fully saturated rings. The van der Waals surface area contributed by atoms with Gasteiger partial charge in [0.05, 0.1) is 11.4 Å². The number of nitrogens with one attached hydrogen (secondary N) is 1. The smallest absolute Gasteiger partial charge is 0.138 e. The van der Waals surface area contributed by atoms with E-state index in [0.29, 0.717) is 17.9 Å². The molecule has 1 aromatic carbocycles. The van der Waals surface area contributed by atoms with Gasteiger partial charge in [-0.25, -0.2) is 9.67 Å². The molecule has 2 atom stereocenters. The van der Waals surface area contributed by atoms with Crippen LogP contribution < -0.4 is 5.32 Å². The van der Waals surface area contributed by atoms with E-state index in [1.54, 1.807) is 12.7 Å². The van der Waals surface area contributed by atoms with Crippen LogP contribution in [0.25, 0.3) is 5.69 Å². The van der Waals surface area contributed by atoms with Crippen LogP contribution in [0.3, 0.4) is 0 Å². The second-order valence-corrected chi connectivity index (χ2v) is 5.91. The molecule has 3 rings (SSSR count). The van der Waals surface area contributed by atoms with Gasteiger partial charge in [-0.1, -0.05) is 32.4 Å². The third kappa shape index (κ3) is 2.55. The van der Waals surface area contributed by atoms with Gasteiger partial charge in [-0.05, 0) is 36.8 Å². The first kappa shape index (κ1) is 13.2. The van der Waals surface area contributed by atoms with Gasteiger partial charge in [0.1, 0.15) is 12.7 Å². The Kier molecular flexibility index (Phi) is 3.72. The van der Waals surface area contributed by atoms with Gasteiger partial charge >= 0.3 is 0 Å². The van der Waals surface area contributed by atoms with E-state index in [0.717, 1.165) is 11.4 Å². The van der Waals surface area contributed by atoms with E-state index in [9.17, 15) is 0 Å². The van der Waals surface area contributed by atoms with Crippen molar-refractivity contribution in [3.63, 3.8) is 0 Å². The van der Waals surface area contributed by atoms with Gasteiger partial charge in [0.15, 0.2) is 0 Å². The monoisotopic (exact) mass is 270 g/mol. The number of benzene rings is 1. The number of nitrogens with zero attached hydrogens (tertiary/aromatic N) is 3. The van der Waals surface area contributed by atoms with Gasteiger partial charge in [-0.15, -0.1) is 0 Å². The number of hydrogen-bond donors (Lipinski definition) is 1. The highest BCUT2D eigenvalue weighted by atomic mass is 15.3. The second-order valence-electron chi connectivity index (χ2n) is 5.91. The summed E-state index contributed by atoms with van der Waals surface area (Å²) in [5.41, 5.74) is 2.21. The Balaban J connectivity index is 1.87. The van der Waals surface area contributed by atoms with Crippen LogP contribution in [0.1, 0.15) is 33.1 Å². The summed E-state index contributed by atoms with van der Waals surface area (Å²) in [4.78, 5) is 4.04. The van der Waals surface area contributed by atoms with Crippen molar-refractivity contribution in [1.29, 1.82) is 0 Å². The van der Waals surface area contributed by atoms with E-state index in [2.05, 4.69) is 47.4 Å². The molecule has 1 saturated carbocycles. The Morgan fingerprint density at radius 2 is 1.90 bits per heavy atom. The van der Waals surface area contributed by atoms with Crippen molar-refractivity contribution >= 4 is 5.69 Å². The number of anilines is 1. The van der Waals surface area contributed by atoms with Gasteiger partial charge in [0.2, 0.25) is 0 Å². The van der Waals surface area contributed by atoms with Crippen molar-refractivity contribution < 1.29 is 0 Å². The van der Waals surface area contributed by atoms with Crippen LogP contribution in [0.2, 0.25) is 0 Å². The zero-order chi connectivity index (χ0) is 13.9. The Bertz CT molecular complexity index is 539. The third-order valence-corrected chi connectivity index (χ3v) is 4.44. The molecule has 4 nitrogen and oxygen atoms in total. The lowest BCUT2D eigenvalue weighted by Gasteiger charge is -2.36. The Morgan fingerprint density at radius 3 is 2.60 bits per heavy atom. The van der Waals surface area contributed by atoms with Gasteiger partial charge in [-0.2, -0.15) is 5.10 Å². The minimum Gasteiger partial charge on any atom is -0.380 e. The predicted molar refractivity (Wildman–Crippen MR) is 80.9 cm³/mol. The average Bonchev–Trinajstić information content (AvgIpc) is 2.97. The highest BCUT2D eigenvalue weighted by Crippen LogP contribution is 2.32. The minimum absolute atomic E-state index is 0.536. The van der Waals surface area contributed by atoms with Crippen LogP contribution >= 0.6 is 0 Å². The molecule has 4 heteroatoms. The van der Waals surface area contributed by atoms with Crippen LogP contribution in [0.15, 0.2) is 36.9 Å². The molecule has 1 heterocycles. The zero-order valence-electron chi connectivity index (χ0n) is 12.2. The fourth-order valence-corrected chi connectivity index (χ4v) is 3.27. The van der Waals surface area contributed by atoms with Crippen molar-refractivity contribution in [3.8, 4) is 5.69 Å². The molecule has 1 aromatic heterocycles. The molecule has 1 N–H and O–H groups in total. The van der Waals surface area contributed by atoms with E-state index in [1.165, 1.54) is 19.3 Å². The first-order valence-corrected chi connectivity index (χ1v) is 7.46. The van der Waals surface area contributed by atoms with Crippen LogP contribution in [0, 0.1) is 11.8 Å².